The van der Waals surface area contributed by atoms with Crippen LogP contribution in [-0.4, -0.2) is 25.3 Å². The zero-order valence-corrected chi connectivity index (χ0v) is 14.0. The fourth-order valence-electron chi connectivity index (χ4n) is 2.67. The van der Waals surface area contributed by atoms with Crippen molar-refractivity contribution in [2.75, 3.05) is 13.2 Å². The summed E-state index contributed by atoms with van der Waals surface area (Å²) < 4.78 is 6.25. The average Bonchev–Trinajstić information content (AvgIpc) is 2.43. The minimum atomic E-state index is 0.385. The fourth-order valence-corrected chi connectivity index (χ4v) is 2.67. The van der Waals surface area contributed by atoms with Crippen molar-refractivity contribution >= 4 is 0 Å². The third-order valence-corrected chi connectivity index (χ3v) is 4.01. The van der Waals surface area contributed by atoms with Crippen LogP contribution in [0.2, 0.25) is 0 Å². The van der Waals surface area contributed by atoms with Crippen LogP contribution in [-0.2, 0) is 4.74 Å². The molecule has 0 fully saturated rings. The molecule has 0 spiro atoms. The lowest BCUT2D eigenvalue weighted by Gasteiger charge is -2.28. The van der Waals surface area contributed by atoms with Gasteiger partial charge in [0.05, 0.1) is 6.10 Å². The molecule has 2 heteroatoms. The Labute approximate surface area is 121 Å². The molecule has 0 aromatic heterocycles. The van der Waals surface area contributed by atoms with Crippen molar-refractivity contribution < 1.29 is 4.74 Å². The lowest BCUT2D eigenvalue weighted by molar-refractivity contribution is -0.000339. The first-order valence-corrected chi connectivity index (χ1v) is 8.58. The molecule has 0 aromatic rings. The van der Waals surface area contributed by atoms with E-state index in [4.69, 9.17) is 4.74 Å². The summed E-state index contributed by atoms with van der Waals surface area (Å²) in [5.74, 6) is 0.748. The molecule has 116 valence electrons. The highest BCUT2D eigenvalue weighted by molar-refractivity contribution is 4.76. The van der Waals surface area contributed by atoms with Crippen LogP contribution in [0.15, 0.2) is 0 Å². The quantitative estimate of drug-likeness (QED) is 0.520. The first kappa shape index (κ1) is 18.9. The number of hydrogen-bond donors (Lipinski definition) is 1. The zero-order chi connectivity index (χ0) is 14.5. The van der Waals surface area contributed by atoms with E-state index in [1.165, 1.54) is 38.5 Å². The van der Waals surface area contributed by atoms with Crippen LogP contribution in [0.4, 0.5) is 0 Å². The van der Waals surface area contributed by atoms with Gasteiger partial charge >= 0.3 is 0 Å². The van der Waals surface area contributed by atoms with Gasteiger partial charge in [-0.3, -0.25) is 0 Å². The number of ether oxygens (including phenoxy) is 1. The van der Waals surface area contributed by atoms with Crippen molar-refractivity contribution in [3.63, 3.8) is 0 Å². The van der Waals surface area contributed by atoms with Crippen molar-refractivity contribution in [1.82, 2.24) is 5.32 Å². The number of hydrogen-bond acceptors (Lipinski definition) is 2. The van der Waals surface area contributed by atoms with Gasteiger partial charge < -0.3 is 10.1 Å². The van der Waals surface area contributed by atoms with Gasteiger partial charge in [0.1, 0.15) is 0 Å². The maximum atomic E-state index is 6.25. The second-order valence-corrected chi connectivity index (χ2v) is 5.65. The van der Waals surface area contributed by atoms with Crippen LogP contribution in [0.1, 0.15) is 79.6 Å². The molecule has 19 heavy (non-hydrogen) atoms. The maximum Gasteiger partial charge on any atom is 0.0725 e. The Hall–Kier alpha value is -0.0800. The second kappa shape index (κ2) is 12.9. The Balaban J connectivity index is 4.19. The van der Waals surface area contributed by atoms with Crippen molar-refractivity contribution in [2.24, 2.45) is 5.92 Å². The molecule has 0 radical (unpaired) electrons. The Bertz CT molecular complexity index is 178. The summed E-state index contributed by atoms with van der Waals surface area (Å²) in [6.45, 7) is 13.2. The molecule has 0 aromatic carbocycles. The summed E-state index contributed by atoms with van der Waals surface area (Å²) in [4.78, 5) is 0. The van der Waals surface area contributed by atoms with Gasteiger partial charge in [-0.25, -0.2) is 0 Å². The van der Waals surface area contributed by atoms with E-state index in [0.29, 0.717) is 12.1 Å². The molecule has 0 rings (SSSR count). The molecular formula is C17H37NO. The van der Waals surface area contributed by atoms with E-state index in [0.717, 1.165) is 25.5 Å². The first-order valence-electron chi connectivity index (χ1n) is 8.58. The first-order chi connectivity index (χ1) is 9.23. The summed E-state index contributed by atoms with van der Waals surface area (Å²) in [5, 5.41) is 3.59. The highest BCUT2D eigenvalue weighted by Gasteiger charge is 2.20. The van der Waals surface area contributed by atoms with E-state index >= 15 is 0 Å². The average molecular weight is 271 g/mol. The summed E-state index contributed by atoms with van der Waals surface area (Å²) in [7, 11) is 0. The van der Waals surface area contributed by atoms with Crippen LogP contribution in [0, 0.1) is 5.92 Å². The molecule has 0 aliphatic carbocycles. The van der Waals surface area contributed by atoms with Gasteiger partial charge in [-0.15, -0.1) is 0 Å². The summed E-state index contributed by atoms with van der Waals surface area (Å²) in [6.07, 6.45) is 9.15. The third kappa shape index (κ3) is 8.65. The van der Waals surface area contributed by atoms with E-state index in [2.05, 4.69) is 39.9 Å². The second-order valence-electron chi connectivity index (χ2n) is 5.65. The van der Waals surface area contributed by atoms with Crippen molar-refractivity contribution in [1.29, 1.82) is 0 Å². The highest BCUT2D eigenvalue weighted by Crippen LogP contribution is 2.17. The summed E-state index contributed by atoms with van der Waals surface area (Å²) >= 11 is 0. The molecule has 2 nitrogen and oxygen atoms in total. The lowest BCUT2D eigenvalue weighted by Crippen LogP contribution is -2.41. The Morgan fingerprint density at radius 2 is 1.63 bits per heavy atom. The van der Waals surface area contributed by atoms with Crippen LogP contribution in [0.5, 0.6) is 0 Å². The molecular weight excluding hydrogens is 234 g/mol. The van der Waals surface area contributed by atoms with E-state index in [9.17, 15) is 0 Å². The fraction of sp³-hybridized carbons (Fsp3) is 1.00. The summed E-state index contributed by atoms with van der Waals surface area (Å²) in [5.41, 5.74) is 0. The van der Waals surface area contributed by atoms with Gasteiger partial charge in [0.2, 0.25) is 0 Å². The predicted octanol–water partition coefficient (Wildman–Crippen LogP) is 4.78. The number of likely N-dealkylation sites (N-methyl/N-ethyl adjacent to an activating group) is 1. The lowest BCUT2D eigenvalue weighted by atomic mass is 9.99. The number of nitrogens with one attached hydrogen (secondary N) is 1. The minimum Gasteiger partial charge on any atom is -0.376 e. The minimum absolute atomic E-state index is 0.385. The van der Waals surface area contributed by atoms with Crippen molar-refractivity contribution in [3.05, 3.63) is 0 Å². The van der Waals surface area contributed by atoms with Gasteiger partial charge in [-0.05, 0) is 31.7 Å². The molecule has 0 aliphatic heterocycles. The molecule has 0 aliphatic rings. The Morgan fingerprint density at radius 3 is 2.11 bits per heavy atom. The van der Waals surface area contributed by atoms with E-state index in [1.54, 1.807) is 0 Å². The smallest absolute Gasteiger partial charge is 0.0725 e. The Kier molecular flexibility index (Phi) is 12.9. The van der Waals surface area contributed by atoms with Crippen molar-refractivity contribution in [3.8, 4) is 0 Å². The normalized spacial score (nSPS) is 16.3. The van der Waals surface area contributed by atoms with E-state index in [-0.39, 0.29) is 0 Å². The van der Waals surface area contributed by atoms with Crippen LogP contribution >= 0.6 is 0 Å². The van der Waals surface area contributed by atoms with Gasteiger partial charge in [0, 0.05) is 12.6 Å². The molecule has 1 N–H and O–H groups in total. The zero-order valence-electron chi connectivity index (χ0n) is 14.0. The highest BCUT2D eigenvalue weighted by atomic mass is 16.5. The molecule has 0 heterocycles. The van der Waals surface area contributed by atoms with E-state index in [1.807, 2.05) is 0 Å². The standard InChI is InChI=1S/C17H37NO/c1-6-11-13-15(8-3)14-19-17(9-4)16(12-7-2)18-10-5/h15-18H,6-14H2,1-5H3. The summed E-state index contributed by atoms with van der Waals surface area (Å²) in [6, 6.07) is 0.531. The largest absolute Gasteiger partial charge is 0.376 e. The third-order valence-electron chi connectivity index (χ3n) is 4.01. The number of rotatable bonds is 13. The maximum absolute atomic E-state index is 6.25. The van der Waals surface area contributed by atoms with Crippen molar-refractivity contribution in [2.45, 2.75) is 91.7 Å². The molecule has 0 amide bonds. The van der Waals surface area contributed by atoms with Gasteiger partial charge in [-0.2, -0.15) is 0 Å². The predicted molar refractivity (Wildman–Crippen MR) is 85.7 cm³/mol. The van der Waals surface area contributed by atoms with Gasteiger partial charge in [0.15, 0.2) is 0 Å². The van der Waals surface area contributed by atoms with Gasteiger partial charge in [-0.1, -0.05) is 60.3 Å². The van der Waals surface area contributed by atoms with Crippen LogP contribution < -0.4 is 5.32 Å². The van der Waals surface area contributed by atoms with Gasteiger partial charge in [0.25, 0.3) is 0 Å². The molecule has 0 saturated heterocycles. The van der Waals surface area contributed by atoms with Crippen LogP contribution in [0.25, 0.3) is 0 Å². The monoisotopic (exact) mass is 271 g/mol. The molecule has 3 unspecified atom stereocenters. The molecule has 3 atom stereocenters. The topological polar surface area (TPSA) is 21.3 Å². The van der Waals surface area contributed by atoms with E-state index < -0.39 is 0 Å². The van der Waals surface area contributed by atoms with Crippen LogP contribution in [0.3, 0.4) is 0 Å². The molecule has 0 saturated carbocycles. The molecule has 0 bridgehead atoms. The SMILES string of the molecule is CCCCC(CC)COC(CC)C(CCC)NCC. The number of unbranched alkanes of at least 4 members (excludes halogenated alkanes) is 1. The Morgan fingerprint density at radius 1 is 0.895 bits per heavy atom.